The molecule has 0 aromatic carbocycles. The van der Waals surface area contributed by atoms with Gasteiger partial charge in [0.05, 0.1) is 6.10 Å². The van der Waals surface area contributed by atoms with Gasteiger partial charge in [-0.3, -0.25) is 4.90 Å². The topological polar surface area (TPSA) is 24.5 Å². The molecule has 4 unspecified atom stereocenters. The fourth-order valence-corrected chi connectivity index (χ4v) is 2.96. The van der Waals surface area contributed by atoms with Crippen LogP contribution in [-0.4, -0.2) is 49.8 Å². The molecule has 0 amide bonds. The quantitative estimate of drug-likeness (QED) is 0.831. The van der Waals surface area contributed by atoms with Gasteiger partial charge in [-0.15, -0.1) is 0 Å². The number of nitrogens with one attached hydrogen (secondary N) is 1. The van der Waals surface area contributed by atoms with E-state index in [4.69, 9.17) is 4.74 Å². The normalized spacial score (nSPS) is 29.2. The molecule has 19 heavy (non-hydrogen) atoms. The summed E-state index contributed by atoms with van der Waals surface area (Å²) in [4.78, 5) is 2.64. The number of rotatable bonds is 5. The van der Waals surface area contributed by atoms with E-state index in [0.717, 1.165) is 25.6 Å². The highest BCUT2D eigenvalue weighted by Crippen LogP contribution is 2.28. The summed E-state index contributed by atoms with van der Waals surface area (Å²) in [5.41, 5.74) is 0.306. The van der Waals surface area contributed by atoms with Crippen LogP contribution in [-0.2, 0) is 4.74 Å². The minimum atomic E-state index is 0.306. The molecule has 4 atom stereocenters. The van der Waals surface area contributed by atoms with Gasteiger partial charge >= 0.3 is 0 Å². The summed E-state index contributed by atoms with van der Waals surface area (Å²) >= 11 is 0. The van der Waals surface area contributed by atoms with E-state index in [1.54, 1.807) is 0 Å². The Hall–Kier alpha value is -0.120. The number of hydrogen-bond donors (Lipinski definition) is 1. The predicted octanol–water partition coefficient (Wildman–Crippen LogP) is 2.76. The fourth-order valence-electron chi connectivity index (χ4n) is 2.96. The lowest BCUT2D eigenvalue weighted by Gasteiger charge is -2.48. The molecule has 0 saturated carbocycles. The molecule has 0 aromatic heterocycles. The molecule has 0 aliphatic carbocycles. The first-order valence-electron chi connectivity index (χ1n) is 7.79. The number of nitrogens with zero attached hydrogens (tertiary/aromatic N) is 1. The van der Waals surface area contributed by atoms with E-state index in [-0.39, 0.29) is 0 Å². The maximum absolute atomic E-state index is 5.47. The third kappa shape index (κ3) is 4.73. The molecule has 3 nitrogen and oxygen atoms in total. The minimum absolute atomic E-state index is 0.306. The number of hydrogen-bond acceptors (Lipinski definition) is 3. The Bertz CT molecular complexity index is 262. The van der Waals surface area contributed by atoms with Crippen LogP contribution in [0.25, 0.3) is 0 Å². The molecular formula is C16H34N2O. The van der Waals surface area contributed by atoms with Crippen molar-refractivity contribution in [1.82, 2.24) is 10.2 Å². The van der Waals surface area contributed by atoms with E-state index in [2.05, 4.69) is 51.8 Å². The highest BCUT2D eigenvalue weighted by Gasteiger charge is 2.36. The van der Waals surface area contributed by atoms with Crippen LogP contribution < -0.4 is 5.32 Å². The number of ether oxygens (including phenoxy) is 1. The van der Waals surface area contributed by atoms with Crippen molar-refractivity contribution in [2.75, 3.05) is 26.7 Å². The fraction of sp³-hybridized carbons (Fsp3) is 1.00. The molecule has 1 heterocycles. The third-order valence-electron chi connectivity index (χ3n) is 4.67. The van der Waals surface area contributed by atoms with Gasteiger partial charge in [0.15, 0.2) is 0 Å². The summed E-state index contributed by atoms with van der Waals surface area (Å²) in [5.74, 6) is 0.737. The van der Waals surface area contributed by atoms with E-state index < -0.39 is 0 Å². The molecule has 1 N–H and O–H groups in total. The van der Waals surface area contributed by atoms with Crippen molar-refractivity contribution in [3.05, 3.63) is 0 Å². The zero-order valence-corrected chi connectivity index (χ0v) is 14.0. The van der Waals surface area contributed by atoms with Gasteiger partial charge in [0.1, 0.15) is 0 Å². The summed E-state index contributed by atoms with van der Waals surface area (Å²) in [6.45, 7) is 17.1. The van der Waals surface area contributed by atoms with Gasteiger partial charge in [-0.25, -0.2) is 0 Å². The van der Waals surface area contributed by atoms with Crippen LogP contribution in [0.4, 0.5) is 0 Å². The standard InChI is InChI=1S/C16H34N2O/c1-8-12(2)14-11-18(10-13(3)19-7)15(9-17-14)16(4,5)6/h12-15,17H,8-11H2,1-7H3. The second-order valence-corrected chi connectivity index (χ2v) is 7.28. The van der Waals surface area contributed by atoms with E-state index in [9.17, 15) is 0 Å². The van der Waals surface area contributed by atoms with Gasteiger partial charge in [0.2, 0.25) is 0 Å². The lowest BCUT2D eigenvalue weighted by Crippen LogP contribution is -2.63. The summed E-state index contributed by atoms with van der Waals surface area (Å²) < 4.78 is 5.47. The SMILES string of the molecule is CCC(C)C1CN(CC(C)OC)C(C(C)(C)C)CN1. The Labute approximate surface area is 120 Å². The lowest BCUT2D eigenvalue weighted by molar-refractivity contribution is 0.000439. The van der Waals surface area contributed by atoms with Crippen LogP contribution in [0.15, 0.2) is 0 Å². The van der Waals surface area contributed by atoms with E-state index in [1.165, 1.54) is 6.42 Å². The van der Waals surface area contributed by atoms with Gasteiger partial charge in [-0.05, 0) is 18.3 Å². The van der Waals surface area contributed by atoms with Crippen LogP contribution in [0.3, 0.4) is 0 Å². The highest BCUT2D eigenvalue weighted by atomic mass is 16.5. The number of piperazine rings is 1. The second-order valence-electron chi connectivity index (χ2n) is 7.28. The zero-order chi connectivity index (χ0) is 14.6. The lowest BCUT2D eigenvalue weighted by atomic mass is 9.82. The van der Waals surface area contributed by atoms with Crippen molar-refractivity contribution in [1.29, 1.82) is 0 Å². The van der Waals surface area contributed by atoms with Crippen LogP contribution in [0.1, 0.15) is 48.0 Å². The van der Waals surface area contributed by atoms with Crippen molar-refractivity contribution in [3.63, 3.8) is 0 Å². The summed E-state index contributed by atoms with van der Waals surface area (Å²) in [6, 6.07) is 1.21. The average molecular weight is 270 g/mol. The van der Waals surface area contributed by atoms with Crippen LogP contribution in [0.2, 0.25) is 0 Å². The van der Waals surface area contributed by atoms with Crippen molar-refractivity contribution < 1.29 is 4.74 Å². The summed E-state index contributed by atoms with van der Waals surface area (Å²) in [7, 11) is 1.81. The van der Waals surface area contributed by atoms with Gasteiger partial charge in [-0.1, -0.05) is 41.0 Å². The maximum Gasteiger partial charge on any atom is 0.0670 e. The Morgan fingerprint density at radius 3 is 2.42 bits per heavy atom. The molecular weight excluding hydrogens is 236 g/mol. The van der Waals surface area contributed by atoms with E-state index in [0.29, 0.717) is 23.6 Å². The summed E-state index contributed by atoms with van der Waals surface area (Å²) in [5, 5.41) is 3.77. The minimum Gasteiger partial charge on any atom is -0.380 e. The van der Waals surface area contributed by atoms with Crippen LogP contribution in [0.5, 0.6) is 0 Å². The van der Waals surface area contributed by atoms with Crippen molar-refractivity contribution >= 4 is 0 Å². The third-order valence-corrected chi connectivity index (χ3v) is 4.67. The van der Waals surface area contributed by atoms with E-state index in [1.807, 2.05) is 7.11 Å². The molecule has 1 aliphatic heterocycles. The smallest absolute Gasteiger partial charge is 0.0670 e. The predicted molar refractivity (Wildman–Crippen MR) is 82.5 cm³/mol. The molecule has 0 spiro atoms. The molecule has 1 rings (SSSR count). The first-order valence-corrected chi connectivity index (χ1v) is 7.79. The van der Waals surface area contributed by atoms with Crippen LogP contribution in [0, 0.1) is 11.3 Å². The van der Waals surface area contributed by atoms with Gasteiger partial charge in [0, 0.05) is 38.8 Å². The van der Waals surface area contributed by atoms with Crippen molar-refractivity contribution in [3.8, 4) is 0 Å². The first kappa shape index (κ1) is 16.9. The Balaban J connectivity index is 2.74. The summed E-state index contributed by atoms with van der Waals surface area (Å²) in [6.07, 6.45) is 1.55. The molecule has 1 aliphatic rings. The monoisotopic (exact) mass is 270 g/mol. The second kappa shape index (κ2) is 7.05. The largest absolute Gasteiger partial charge is 0.380 e. The molecule has 114 valence electrons. The highest BCUT2D eigenvalue weighted by molar-refractivity contribution is 4.94. The molecule has 0 aromatic rings. The van der Waals surface area contributed by atoms with Crippen molar-refractivity contribution in [2.45, 2.75) is 66.2 Å². The van der Waals surface area contributed by atoms with Crippen LogP contribution >= 0.6 is 0 Å². The Morgan fingerprint density at radius 1 is 1.32 bits per heavy atom. The van der Waals surface area contributed by atoms with Gasteiger partial charge < -0.3 is 10.1 Å². The molecule has 1 saturated heterocycles. The van der Waals surface area contributed by atoms with Gasteiger partial charge in [0.25, 0.3) is 0 Å². The first-order chi connectivity index (χ1) is 8.79. The molecule has 3 heteroatoms. The van der Waals surface area contributed by atoms with E-state index >= 15 is 0 Å². The average Bonchev–Trinajstić information content (AvgIpc) is 2.36. The molecule has 1 fully saturated rings. The van der Waals surface area contributed by atoms with Gasteiger partial charge in [-0.2, -0.15) is 0 Å². The Kier molecular flexibility index (Phi) is 6.28. The zero-order valence-electron chi connectivity index (χ0n) is 14.0. The molecule has 0 radical (unpaired) electrons. The number of methoxy groups -OCH3 is 1. The molecule has 0 bridgehead atoms. The Morgan fingerprint density at radius 2 is 1.95 bits per heavy atom. The maximum atomic E-state index is 5.47. The van der Waals surface area contributed by atoms with Crippen molar-refractivity contribution in [2.24, 2.45) is 11.3 Å².